The van der Waals surface area contributed by atoms with E-state index < -0.39 is 0 Å². The lowest BCUT2D eigenvalue weighted by Crippen LogP contribution is -2.36. The maximum absolute atomic E-state index is 12.3. The molecule has 0 unspecified atom stereocenters. The van der Waals surface area contributed by atoms with Crippen LogP contribution in [0.2, 0.25) is 0 Å². The molecule has 0 saturated carbocycles. The van der Waals surface area contributed by atoms with Crippen LogP contribution in [-0.2, 0) is 19.5 Å². The van der Waals surface area contributed by atoms with Gasteiger partial charge in [0.15, 0.2) is 0 Å². The van der Waals surface area contributed by atoms with Crippen molar-refractivity contribution >= 4 is 5.91 Å². The molecule has 2 aromatic heterocycles. The fraction of sp³-hybridized carbons (Fsp3) is 0.308. The molecule has 19 heavy (non-hydrogen) atoms. The molecule has 98 valence electrons. The van der Waals surface area contributed by atoms with E-state index in [4.69, 9.17) is 10.3 Å². The lowest BCUT2D eigenvalue weighted by Gasteiger charge is -2.26. The van der Waals surface area contributed by atoms with Crippen LogP contribution in [-0.4, -0.2) is 27.5 Å². The van der Waals surface area contributed by atoms with Gasteiger partial charge in [-0.15, -0.1) is 0 Å². The molecule has 2 N–H and O–H groups in total. The maximum Gasteiger partial charge on any atom is 0.255 e. The molecule has 0 radical (unpaired) electrons. The SMILES string of the molecule is NCc1noc2c1CN(C(=O)c1cccnc1)CC2. The van der Waals surface area contributed by atoms with Crippen molar-refractivity contribution in [2.24, 2.45) is 5.73 Å². The summed E-state index contributed by atoms with van der Waals surface area (Å²) in [5.74, 6) is 0.818. The zero-order chi connectivity index (χ0) is 13.2. The number of fused-ring (bicyclic) bond motifs is 1. The van der Waals surface area contributed by atoms with Gasteiger partial charge in [-0.1, -0.05) is 5.16 Å². The number of rotatable bonds is 2. The van der Waals surface area contributed by atoms with Crippen molar-refractivity contribution < 1.29 is 9.32 Å². The second kappa shape index (κ2) is 4.81. The molecule has 0 atom stereocenters. The van der Waals surface area contributed by atoms with Crippen molar-refractivity contribution in [1.82, 2.24) is 15.0 Å². The van der Waals surface area contributed by atoms with Crippen molar-refractivity contribution in [3.8, 4) is 0 Å². The summed E-state index contributed by atoms with van der Waals surface area (Å²) in [7, 11) is 0. The number of nitrogens with two attached hydrogens (primary N) is 1. The van der Waals surface area contributed by atoms with E-state index >= 15 is 0 Å². The van der Waals surface area contributed by atoms with Crippen LogP contribution in [0.25, 0.3) is 0 Å². The van der Waals surface area contributed by atoms with Crippen molar-refractivity contribution in [2.45, 2.75) is 19.5 Å². The van der Waals surface area contributed by atoms with Crippen molar-refractivity contribution in [3.63, 3.8) is 0 Å². The Morgan fingerprint density at radius 3 is 3.16 bits per heavy atom. The molecule has 0 aromatic carbocycles. The van der Waals surface area contributed by atoms with Crippen molar-refractivity contribution in [2.75, 3.05) is 6.54 Å². The Bertz CT molecular complexity index is 580. The van der Waals surface area contributed by atoms with Crippen LogP contribution in [0.1, 0.15) is 27.4 Å². The molecular formula is C13H14N4O2. The first-order valence-electron chi connectivity index (χ1n) is 6.15. The monoisotopic (exact) mass is 258 g/mol. The predicted octanol–water partition coefficient (Wildman–Crippen LogP) is 0.727. The first-order valence-corrected chi connectivity index (χ1v) is 6.15. The zero-order valence-corrected chi connectivity index (χ0v) is 10.4. The smallest absolute Gasteiger partial charge is 0.255 e. The van der Waals surface area contributed by atoms with E-state index in [2.05, 4.69) is 10.1 Å². The number of aromatic nitrogens is 2. The van der Waals surface area contributed by atoms with Crippen LogP contribution < -0.4 is 5.73 Å². The minimum absolute atomic E-state index is 0.0251. The normalized spacial score (nSPS) is 14.3. The molecule has 1 aliphatic heterocycles. The van der Waals surface area contributed by atoms with Crippen LogP contribution >= 0.6 is 0 Å². The van der Waals surface area contributed by atoms with Gasteiger partial charge in [-0.2, -0.15) is 0 Å². The second-order valence-electron chi connectivity index (χ2n) is 4.45. The zero-order valence-electron chi connectivity index (χ0n) is 10.4. The van der Waals surface area contributed by atoms with E-state index in [0.29, 0.717) is 31.6 Å². The van der Waals surface area contributed by atoms with Gasteiger partial charge < -0.3 is 15.2 Å². The lowest BCUT2D eigenvalue weighted by molar-refractivity contribution is 0.0728. The van der Waals surface area contributed by atoms with Gasteiger partial charge in [-0.25, -0.2) is 0 Å². The Hall–Kier alpha value is -2.21. The van der Waals surface area contributed by atoms with E-state index in [9.17, 15) is 4.79 Å². The molecule has 6 heteroatoms. The highest BCUT2D eigenvalue weighted by atomic mass is 16.5. The van der Waals surface area contributed by atoms with E-state index in [0.717, 1.165) is 17.0 Å². The van der Waals surface area contributed by atoms with Gasteiger partial charge in [-0.3, -0.25) is 9.78 Å². The molecule has 0 spiro atoms. The number of carbonyl (C=O) groups excluding carboxylic acids is 1. The van der Waals surface area contributed by atoms with Crippen molar-refractivity contribution in [1.29, 1.82) is 0 Å². The van der Waals surface area contributed by atoms with E-state index in [1.807, 2.05) is 0 Å². The molecule has 0 fully saturated rings. The average molecular weight is 258 g/mol. The second-order valence-corrected chi connectivity index (χ2v) is 4.45. The molecule has 6 nitrogen and oxygen atoms in total. The minimum Gasteiger partial charge on any atom is -0.361 e. The van der Waals surface area contributed by atoms with Crippen LogP contribution in [0.4, 0.5) is 0 Å². The van der Waals surface area contributed by atoms with Crippen LogP contribution in [0, 0.1) is 0 Å². The summed E-state index contributed by atoms with van der Waals surface area (Å²) in [6.07, 6.45) is 3.90. The molecule has 3 heterocycles. The first-order chi connectivity index (χ1) is 9.29. The Labute approximate surface area is 110 Å². The molecule has 2 aromatic rings. The van der Waals surface area contributed by atoms with Gasteiger partial charge in [-0.05, 0) is 12.1 Å². The van der Waals surface area contributed by atoms with Gasteiger partial charge in [0.25, 0.3) is 5.91 Å². The Morgan fingerprint density at radius 1 is 1.53 bits per heavy atom. The van der Waals surface area contributed by atoms with Gasteiger partial charge in [0, 0.05) is 37.5 Å². The number of amides is 1. The summed E-state index contributed by atoms with van der Waals surface area (Å²) in [4.78, 5) is 18.1. The summed E-state index contributed by atoms with van der Waals surface area (Å²) < 4.78 is 5.23. The Kier molecular flexibility index (Phi) is 3.00. The van der Waals surface area contributed by atoms with Crippen LogP contribution in [0.5, 0.6) is 0 Å². The highest BCUT2D eigenvalue weighted by Crippen LogP contribution is 2.23. The van der Waals surface area contributed by atoms with Gasteiger partial charge in [0.05, 0.1) is 12.1 Å². The Balaban J connectivity index is 1.84. The van der Waals surface area contributed by atoms with Gasteiger partial charge >= 0.3 is 0 Å². The third-order valence-electron chi connectivity index (χ3n) is 3.30. The maximum atomic E-state index is 12.3. The molecule has 0 bridgehead atoms. The summed E-state index contributed by atoms with van der Waals surface area (Å²) in [6, 6.07) is 3.52. The number of hydrogen-bond donors (Lipinski definition) is 1. The number of pyridine rings is 1. The minimum atomic E-state index is -0.0251. The molecule has 1 amide bonds. The lowest BCUT2D eigenvalue weighted by atomic mass is 10.1. The summed E-state index contributed by atoms with van der Waals surface area (Å²) >= 11 is 0. The predicted molar refractivity (Wildman–Crippen MR) is 67.1 cm³/mol. The quantitative estimate of drug-likeness (QED) is 0.858. The molecule has 3 rings (SSSR count). The summed E-state index contributed by atoms with van der Waals surface area (Å²) in [6.45, 7) is 1.45. The molecule has 1 aliphatic rings. The van der Waals surface area contributed by atoms with Gasteiger partial charge in [0.2, 0.25) is 0 Å². The van der Waals surface area contributed by atoms with Gasteiger partial charge in [0.1, 0.15) is 11.5 Å². The average Bonchev–Trinajstić information content (AvgIpc) is 2.89. The van der Waals surface area contributed by atoms with Crippen LogP contribution in [0.15, 0.2) is 29.0 Å². The van der Waals surface area contributed by atoms with Crippen molar-refractivity contribution in [3.05, 3.63) is 47.1 Å². The standard InChI is InChI=1S/C13H14N4O2/c14-6-11-10-8-17(5-3-12(10)19-16-11)13(18)9-2-1-4-15-7-9/h1-2,4,7H,3,5-6,8,14H2. The summed E-state index contributed by atoms with van der Waals surface area (Å²) in [5.41, 5.74) is 7.89. The Morgan fingerprint density at radius 2 is 2.42 bits per heavy atom. The summed E-state index contributed by atoms with van der Waals surface area (Å²) in [5, 5.41) is 3.93. The largest absolute Gasteiger partial charge is 0.361 e. The first kappa shape index (κ1) is 11.9. The topological polar surface area (TPSA) is 85.2 Å². The fourth-order valence-electron chi connectivity index (χ4n) is 2.27. The highest BCUT2D eigenvalue weighted by Gasteiger charge is 2.26. The fourth-order valence-corrected chi connectivity index (χ4v) is 2.27. The number of carbonyl (C=O) groups is 1. The van der Waals surface area contributed by atoms with Crippen LogP contribution in [0.3, 0.4) is 0 Å². The number of hydrogen-bond acceptors (Lipinski definition) is 5. The molecule has 0 saturated heterocycles. The van der Waals surface area contributed by atoms with E-state index in [1.165, 1.54) is 0 Å². The third kappa shape index (κ3) is 2.10. The third-order valence-corrected chi connectivity index (χ3v) is 3.30. The van der Waals surface area contributed by atoms with E-state index in [-0.39, 0.29) is 5.91 Å². The molecule has 0 aliphatic carbocycles. The van der Waals surface area contributed by atoms with E-state index in [1.54, 1.807) is 29.4 Å². The number of nitrogens with zero attached hydrogens (tertiary/aromatic N) is 3. The molecular weight excluding hydrogens is 244 g/mol. The highest BCUT2D eigenvalue weighted by molar-refractivity contribution is 5.94.